The van der Waals surface area contributed by atoms with Crippen LogP contribution in [-0.4, -0.2) is 20.7 Å². The van der Waals surface area contributed by atoms with Crippen molar-refractivity contribution in [1.29, 1.82) is 0 Å². The Labute approximate surface area is 123 Å². The van der Waals surface area contributed by atoms with E-state index in [2.05, 4.69) is 9.93 Å². The molecule has 0 radical (unpaired) electrons. The van der Waals surface area contributed by atoms with E-state index in [1.165, 1.54) is 18.4 Å². The molecule has 0 atom stereocenters. The van der Waals surface area contributed by atoms with Crippen molar-refractivity contribution >= 4 is 15.7 Å². The Morgan fingerprint density at radius 3 is 2.57 bits per heavy atom. The van der Waals surface area contributed by atoms with E-state index in [0.29, 0.717) is 23.8 Å². The summed E-state index contributed by atoms with van der Waals surface area (Å²) < 4.78 is 34.6. The molecule has 0 spiro atoms. The second-order valence-electron chi connectivity index (χ2n) is 4.17. The highest BCUT2D eigenvalue weighted by molar-refractivity contribution is 7.89. The molecular weight excluding hydrogens is 292 g/mol. The Bertz CT molecular complexity index is 704. The summed E-state index contributed by atoms with van der Waals surface area (Å²) in [7, 11) is -3.71. The third-order valence-corrected chi connectivity index (χ3v) is 3.88. The molecule has 1 N–H and O–H groups in total. The van der Waals surface area contributed by atoms with Crippen LogP contribution in [0.2, 0.25) is 0 Å². The summed E-state index contributed by atoms with van der Waals surface area (Å²) >= 11 is 0. The van der Waals surface area contributed by atoms with Crippen LogP contribution in [0.25, 0.3) is 0 Å². The number of sulfonamides is 1. The summed E-state index contributed by atoms with van der Waals surface area (Å²) in [6, 6.07) is 9.53. The first-order valence-electron chi connectivity index (χ1n) is 6.36. The smallest absolute Gasteiger partial charge is 0.276 e. The van der Waals surface area contributed by atoms with Crippen molar-refractivity contribution in [3.8, 4) is 5.75 Å². The number of benzene rings is 1. The maximum absolute atomic E-state index is 12.1. The third kappa shape index (κ3) is 3.85. The van der Waals surface area contributed by atoms with Crippen molar-refractivity contribution in [1.82, 2.24) is 4.83 Å². The number of hydrogen-bond donors (Lipinski definition) is 1. The van der Waals surface area contributed by atoms with Crippen LogP contribution in [0.1, 0.15) is 19.6 Å². The molecule has 0 unspecified atom stereocenters. The fourth-order valence-corrected chi connectivity index (χ4v) is 2.46. The van der Waals surface area contributed by atoms with Gasteiger partial charge in [0.15, 0.2) is 0 Å². The van der Waals surface area contributed by atoms with Gasteiger partial charge in [0.1, 0.15) is 17.2 Å². The van der Waals surface area contributed by atoms with Crippen LogP contribution in [-0.2, 0) is 10.0 Å². The highest BCUT2D eigenvalue weighted by Gasteiger charge is 2.13. The topological polar surface area (TPSA) is 80.9 Å². The molecule has 0 fully saturated rings. The Morgan fingerprint density at radius 2 is 2.00 bits per heavy atom. The van der Waals surface area contributed by atoms with E-state index < -0.39 is 10.0 Å². The summed E-state index contributed by atoms with van der Waals surface area (Å²) in [5, 5.41) is 3.83. The molecule has 112 valence electrons. The van der Waals surface area contributed by atoms with Gasteiger partial charge in [-0.3, -0.25) is 0 Å². The Kier molecular flexibility index (Phi) is 4.64. The van der Waals surface area contributed by atoms with Crippen LogP contribution in [0.15, 0.2) is 57.1 Å². The molecule has 6 nitrogen and oxygen atoms in total. The molecule has 2 aromatic rings. The molecule has 0 aliphatic heterocycles. The standard InChI is InChI=1S/C14H16N2O4S/c1-3-19-12-6-8-13(9-7-12)21(17,18)16-15-11(2)14-5-4-10-20-14/h4-10,16H,3H2,1-2H3. The second kappa shape index (κ2) is 6.45. The van der Waals surface area contributed by atoms with E-state index in [1.807, 2.05) is 6.92 Å². The van der Waals surface area contributed by atoms with E-state index in [9.17, 15) is 8.42 Å². The summed E-state index contributed by atoms with van der Waals surface area (Å²) in [6.07, 6.45) is 1.50. The molecule has 21 heavy (non-hydrogen) atoms. The van der Waals surface area contributed by atoms with Gasteiger partial charge in [-0.05, 0) is 50.2 Å². The van der Waals surface area contributed by atoms with Crippen LogP contribution in [0, 0.1) is 0 Å². The predicted octanol–water partition coefficient (Wildman–Crippen LogP) is 2.38. The number of nitrogens with one attached hydrogen (secondary N) is 1. The van der Waals surface area contributed by atoms with Gasteiger partial charge in [0, 0.05) is 0 Å². The number of ether oxygens (including phenoxy) is 1. The lowest BCUT2D eigenvalue weighted by molar-refractivity contribution is 0.340. The van der Waals surface area contributed by atoms with Crippen molar-refractivity contribution in [2.45, 2.75) is 18.7 Å². The zero-order valence-corrected chi connectivity index (χ0v) is 12.6. The van der Waals surface area contributed by atoms with E-state index in [0.717, 1.165) is 0 Å². The molecule has 7 heteroatoms. The van der Waals surface area contributed by atoms with Crippen LogP contribution >= 0.6 is 0 Å². The molecule has 0 saturated heterocycles. The molecule has 0 bridgehead atoms. The highest BCUT2D eigenvalue weighted by atomic mass is 32.2. The third-order valence-electron chi connectivity index (χ3n) is 2.66. The Morgan fingerprint density at radius 1 is 1.29 bits per heavy atom. The van der Waals surface area contributed by atoms with Crippen LogP contribution in [0.5, 0.6) is 5.75 Å². The Hall–Kier alpha value is -2.28. The lowest BCUT2D eigenvalue weighted by Gasteiger charge is -2.06. The first-order chi connectivity index (χ1) is 10.0. The SMILES string of the molecule is CCOc1ccc(S(=O)(=O)NN=C(C)c2ccco2)cc1. The quantitative estimate of drug-likeness (QED) is 0.656. The molecule has 0 amide bonds. The van der Waals surface area contributed by atoms with E-state index in [-0.39, 0.29) is 4.90 Å². The van der Waals surface area contributed by atoms with E-state index in [1.54, 1.807) is 31.2 Å². The minimum absolute atomic E-state index is 0.113. The molecule has 1 heterocycles. The average molecular weight is 308 g/mol. The minimum atomic E-state index is -3.71. The first-order valence-corrected chi connectivity index (χ1v) is 7.84. The normalized spacial score (nSPS) is 12.2. The maximum Gasteiger partial charge on any atom is 0.276 e. The lowest BCUT2D eigenvalue weighted by atomic mass is 10.3. The van der Waals surface area contributed by atoms with E-state index in [4.69, 9.17) is 9.15 Å². The summed E-state index contributed by atoms with van der Waals surface area (Å²) in [6.45, 7) is 4.04. The lowest BCUT2D eigenvalue weighted by Crippen LogP contribution is -2.19. The van der Waals surface area contributed by atoms with Gasteiger partial charge in [-0.15, -0.1) is 0 Å². The van der Waals surface area contributed by atoms with Gasteiger partial charge in [-0.2, -0.15) is 18.4 Å². The molecule has 1 aromatic heterocycles. The van der Waals surface area contributed by atoms with Crippen molar-refractivity contribution in [3.63, 3.8) is 0 Å². The fourth-order valence-electron chi connectivity index (χ4n) is 1.60. The average Bonchev–Trinajstić information content (AvgIpc) is 3.00. The highest BCUT2D eigenvalue weighted by Crippen LogP contribution is 2.15. The predicted molar refractivity (Wildman–Crippen MR) is 78.9 cm³/mol. The van der Waals surface area contributed by atoms with Crippen LogP contribution in [0.4, 0.5) is 0 Å². The molecule has 1 aromatic carbocycles. The molecule has 0 saturated carbocycles. The monoisotopic (exact) mass is 308 g/mol. The summed E-state index contributed by atoms with van der Waals surface area (Å²) in [4.78, 5) is 2.29. The molecule has 2 rings (SSSR count). The summed E-state index contributed by atoms with van der Waals surface area (Å²) in [5.74, 6) is 1.12. The fraction of sp³-hybridized carbons (Fsp3) is 0.214. The molecule has 0 aliphatic carbocycles. The Balaban J connectivity index is 2.13. The number of furan rings is 1. The van der Waals surface area contributed by atoms with Gasteiger partial charge < -0.3 is 9.15 Å². The summed E-state index contributed by atoms with van der Waals surface area (Å²) in [5.41, 5.74) is 0.439. The van der Waals surface area contributed by atoms with Crippen molar-refractivity contribution in [3.05, 3.63) is 48.4 Å². The van der Waals surface area contributed by atoms with Gasteiger partial charge in [-0.1, -0.05) is 0 Å². The van der Waals surface area contributed by atoms with Crippen molar-refractivity contribution < 1.29 is 17.6 Å². The molecule has 0 aliphatic rings. The van der Waals surface area contributed by atoms with Gasteiger partial charge in [0.05, 0.1) is 17.8 Å². The van der Waals surface area contributed by atoms with E-state index >= 15 is 0 Å². The second-order valence-corrected chi connectivity index (χ2v) is 5.83. The van der Waals surface area contributed by atoms with Gasteiger partial charge >= 0.3 is 0 Å². The zero-order valence-electron chi connectivity index (χ0n) is 11.7. The first kappa shape index (κ1) is 15.1. The van der Waals surface area contributed by atoms with Gasteiger partial charge in [0.25, 0.3) is 10.0 Å². The maximum atomic E-state index is 12.1. The van der Waals surface area contributed by atoms with Gasteiger partial charge in [0.2, 0.25) is 0 Å². The minimum Gasteiger partial charge on any atom is -0.494 e. The molecular formula is C14H16N2O4S. The number of rotatable bonds is 6. The number of hydrogen-bond acceptors (Lipinski definition) is 5. The van der Waals surface area contributed by atoms with Crippen molar-refractivity contribution in [2.24, 2.45) is 5.10 Å². The number of nitrogens with zero attached hydrogens (tertiary/aromatic N) is 1. The largest absolute Gasteiger partial charge is 0.494 e. The number of hydrazone groups is 1. The van der Waals surface area contributed by atoms with Gasteiger partial charge in [-0.25, -0.2) is 0 Å². The zero-order chi connectivity index (χ0) is 15.3. The van der Waals surface area contributed by atoms with Crippen LogP contribution < -0.4 is 9.57 Å². The van der Waals surface area contributed by atoms with Crippen LogP contribution in [0.3, 0.4) is 0 Å². The van der Waals surface area contributed by atoms with Crippen molar-refractivity contribution in [2.75, 3.05) is 6.61 Å².